The quantitative estimate of drug-likeness (QED) is 0.698. The number of aromatic nitrogens is 1. The first kappa shape index (κ1) is 20.7. The maximum absolute atomic E-state index is 13.1. The molecule has 1 aromatic rings. The maximum Gasteiger partial charge on any atom is 0.433 e. The highest BCUT2D eigenvalue weighted by molar-refractivity contribution is 7.89. The van der Waals surface area contributed by atoms with Gasteiger partial charge < -0.3 is 9.64 Å². The minimum Gasteiger partial charge on any atom is -0.381 e. The van der Waals surface area contributed by atoms with Gasteiger partial charge in [-0.05, 0) is 43.7 Å². The van der Waals surface area contributed by atoms with E-state index in [-0.39, 0.29) is 21.9 Å². The van der Waals surface area contributed by atoms with E-state index in [1.807, 2.05) is 0 Å². The van der Waals surface area contributed by atoms with Crippen molar-refractivity contribution in [3.8, 4) is 0 Å². The van der Waals surface area contributed by atoms with Crippen molar-refractivity contribution in [1.29, 1.82) is 0 Å². The van der Waals surface area contributed by atoms with Crippen molar-refractivity contribution >= 4 is 10.0 Å². The fourth-order valence-electron chi connectivity index (χ4n) is 5.02. The first-order chi connectivity index (χ1) is 14.2. The highest BCUT2D eigenvalue weighted by Gasteiger charge is 2.55. The van der Waals surface area contributed by atoms with Gasteiger partial charge in [-0.25, -0.2) is 13.4 Å². The standard InChI is InChI=1S/C20H26F3N3O3S/c21-20(22,23)17-4-3-16(18(24-17)15-1-2-15)30(27,28)26-12-19(13-26)10-25(11-19)9-14-5-7-29-8-6-14/h3-4,14-15H,1-2,5-13H2. The van der Waals surface area contributed by atoms with Crippen LogP contribution in [0.5, 0.6) is 0 Å². The summed E-state index contributed by atoms with van der Waals surface area (Å²) in [6.45, 7) is 5.32. The second-order valence-electron chi connectivity index (χ2n) is 9.35. The summed E-state index contributed by atoms with van der Waals surface area (Å²) in [5.41, 5.74) is -0.941. The lowest BCUT2D eigenvalue weighted by Crippen LogP contribution is -2.73. The predicted octanol–water partition coefficient (Wildman–Crippen LogP) is 2.71. The number of hydrogen-bond donors (Lipinski definition) is 0. The number of rotatable bonds is 5. The van der Waals surface area contributed by atoms with Crippen LogP contribution >= 0.6 is 0 Å². The predicted molar refractivity (Wildman–Crippen MR) is 102 cm³/mol. The number of nitrogens with zero attached hydrogens (tertiary/aromatic N) is 3. The van der Waals surface area contributed by atoms with E-state index in [2.05, 4.69) is 9.88 Å². The fourth-order valence-corrected chi connectivity index (χ4v) is 6.91. The van der Waals surface area contributed by atoms with E-state index in [1.54, 1.807) is 0 Å². The topological polar surface area (TPSA) is 62.7 Å². The molecule has 6 nitrogen and oxygen atoms in total. The minimum atomic E-state index is -4.58. The Morgan fingerprint density at radius 1 is 1.07 bits per heavy atom. The van der Waals surface area contributed by atoms with Crippen molar-refractivity contribution in [1.82, 2.24) is 14.2 Å². The van der Waals surface area contributed by atoms with Gasteiger partial charge in [-0.2, -0.15) is 17.5 Å². The van der Waals surface area contributed by atoms with Crippen LogP contribution in [0.2, 0.25) is 0 Å². The van der Waals surface area contributed by atoms with E-state index in [4.69, 9.17) is 4.74 Å². The van der Waals surface area contributed by atoms with Gasteiger partial charge in [-0.3, -0.25) is 0 Å². The SMILES string of the molecule is O=S(=O)(c1ccc(C(F)(F)F)nc1C1CC1)N1CC2(CN(CC3CCOCC3)C2)C1. The van der Waals surface area contributed by atoms with Gasteiger partial charge in [-0.1, -0.05) is 0 Å². The summed E-state index contributed by atoms with van der Waals surface area (Å²) in [7, 11) is -3.82. The van der Waals surface area contributed by atoms with Crippen molar-refractivity contribution in [2.75, 3.05) is 45.9 Å². The number of sulfonamides is 1. The Kier molecular flexibility index (Phi) is 4.92. The Bertz CT molecular complexity index is 913. The molecule has 4 heterocycles. The molecule has 0 radical (unpaired) electrons. The summed E-state index contributed by atoms with van der Waals surface area (Å²) in [6.07, 6.45) is -1.06. The van der Waals surface area contributed by atoms with E-state index in [1.165, 1.54) is 4.31 Å². The van der Waals surface area contributed by atoms with Gasteiger partial charge in [0, 0.05) is 57.3 Å². The lowest BCUT2D eigenvalue weighted by Gasteiger charge is -2.60. The Labute approximate surface area is 174 Å². The number of pyridine rings is 1. The van der Waals surface area contributed by atoms with Crippen LogP contribution in [0.15, 0.2) is 17.0 Å². The van der Waals surface area contributed by atoms with Gasteiger partial charge in [0.25, 0.3) is 0 Å². The Morgan fingerprint density at radius 3 is 2.33 bits per heavy atom. The van der Waals surface area contributed by atoms with Crippen molar-refractivity contribution in [2.24, 2.45) is 11.3 Å². The lowest BCUT2D eigenvalue weighted by atomic mass is 9.74. The highest BCUT2D eigenvalue weighted by Crippen LogP contribution is 2.47. The molecule has 4 fully saturated rings. The van der Waals surface area contributed by atoms with Gasteiger partial charge in [0.2, 0.25) is 10.0 Å². The number of alkyl halides is 3. The normalized spacial score (nSPS) is 25.8. The molecule has 0 bridgehead atoms. The van der Waals surface area contributed by atoms with E-state index in [9.17, 15) is 21.6 Å². The molecule has 3 saturated heterocycles. The highest BCUT2D eigenvalue weighted by atomic mass is 32.2. The third-order valence-corrected chi connectivity index (χ3v) is 8.60. The number of hydrogen-bond acceptors (Lipinski definition) is 5. The first-order valence-electron chi connectivity index (χ1n) is 10.5. The summed E-state index contributed by atoms with van der Waals surface area (Å²) in [5.74, 6) is 0.460. The molecular formula is C20H26F3N3O3S. The largest absolute Gasteiger partial charge is 0.433 e. The second-order valence-corrected chi connectivity index (χ2v) is 11.3. The van der Waals surface area contributed by atoms with Gasteiger partial charge >= 0.3 is 6.18 Å². The van der Waals surface area contributed by atoms with Crippen molar-refractivity contribution in [3.05, 3.63) is 23.5 Å². The molecule has 3 aliphatic heterocycles. The maximum atomic E-state index is 13.1. The molecule has 166 valence electrons. The molecule has 0 amide bonds. The van der Waals surface area contributed by atoms with Crippen LogP contribution in [0.3, 0.4) is 0 Å². The summed E-state index contributed by atoms with van der Waals surface area (Å²) in [4.78, 5) is 6.05. The zero-order valence-electron chi connectivity index (χ0n) is 16.7. The van der Waals surface area contributed by atoms with E-state index in [0.717, 1.165) is 57.8 Å². The Hall–Kier alpha value is -1.23. The summed E-state index contributed by atoms with van der Waals surface area (Å²) in [6, 6.07) is 1.88. The molecule has 0 atom stereocenters. The second kappa shape index (κ2) is 7.15. The number of likely N-dealkylation sites (tertiary alicyclic amines) is 1. The van der Waals surface area contributed by atoms with E-state index >= 15 is 0 Å². The van der Waals surface area contributed by atoms with E-state index in [0.29, 0.717) is 31.8 Å². The molecule has 1 aromatic heterocycles. The van der Waals surface area contributed by atoms with Gasteiger partial charge in [-0.15, -0.1) is 0 Å². The molecule has 30 heavy (non-hydrogen) atoms. The van der Waals surface area contributed by atoms with Crippen LogP contribution in [0.25, 0.3) is 0 Å². The molecule has 1 spiro atoms. The van der Waals surface area contributed by atoms with Crippen molar-refractivity contribution in [2.45, 2.75) is 42.7 Å². The van der Waals surface area contributed by atoms with Crippen LogP contribution in [0.4, 0.5) is 13.2 Å². The molecule has 1 saturated carbocycles. The minimum absolute atomic E-state index is 0.00266. The van der Waals surface area contributed by atoms with Gasteiger partial charge in [0.05, 0.1) is 5.69 Å². The summed E-state index contributed by atoms with van der Waals surface area (Å²) >= 11 is 0. The van der Waals surface area contributed by atoms with Crippen molar-refractivity contribution in [3.63, 3.8) is 0 Å². The van der Waals surface area contributed by atoms with Crippen LogP contribution in [-0.4, -0.2) is 68.5 Å². The third kappa shape index (κ3) is 3.76. The first-order valence-corrected chi connectivity index (χ1v) is 12.0. The Balaban J connectivity index is 1.24. The van der Waals surface area contributed by atoms with E-state index < -0.39 is 21.9 Å². The Morgan fingerprint density at radius 2 is 1.73 bits per heavy atom. The number of ether oxygens (including phenoxy) is 1. The molecule has 5 rings (SSSR count). The van der Waals surface area contributed by atoms with Gasteiger partial charge in [0.15, 0.2) is 0 Å². The number of halogens is 3. The van der Waals surface area contributed by atoms with Crippen LogP contribution in [0, 0.1) is 11.3 Å². The van der Waals surface area contributed by atoms with Crippen LogP contribution < -0.4 is 0 Å². The molecule has 4 aliphatic rings. The lowest BCUT2D eigenvalue weighted by molar-refractivity contribution is -0.141. The monoisotopic (exact) mass is 445 g/mol. The molecular weight excluding hydrogens is 419 g/mol. The fraction of sp³-hybridized carbons (Fsp3) is 0.750. The average molecular weight is 446 g/mol. The molecule has 0 N–H and O–H groups in total. The molecule has 1 aliphatic carbocycles. The van der Waals surface area contributed by atoms with Crippen LogP contribution in [0.1, 0.15) is 43.0 Å². The zero-order chi connectivity index (χ0) is 21.1. The molecule has 0 unspecified atom stereocenters. The zero-order valence-corrected chi connectivity index (χ0v) is 17.5. The average Bonchev–Trinajstić information content (AvgIpc) is 3.47. The summed E-state index contributed by atoms with van der Waals surface area (Å²) < 4.78 is 72.2. The third-order valence-electron chi connectivity index (χ3n) is 6.76. The molecule has 0 aromatic carbocycles. The van der Waals surface area contributed by atoms with Crippen LogP contribution in [-0.2, 0) is 20.9 Å². The summed E-state index contributed by atoms with van der Waals surface area (Å²) in [5, 5.41) is 0. The molecule has 10 heteroatoms. The smallest absolute Gasteiger partial charge is 0.381 e. The van der Waals surface area contributed by atoms with Gasteiger partial charge in [0.1, 0.15) is 10.6 Å². The van der Waals surface area contributed by atoms with Crippen molar-refractivity contribution < 1.29 is 26.3 Å².